The van der Waals surface area contributed by atoms with Gasteiger partial charge in [-0.05, 0) is 47.5 Å². The van der Waals surface area contributed by atoms with E-state index in [1.807, 2.05) is 18.2 Å². The van der Waals surface area contributed by atoms with E-state index in [0.717, 1.165) is 15.8 Å². The molecule has 0 unspecified atom stereocenters. The highest BCUT2D eigenvalue weighted by Crippen LogP contribution is 2.39. The molecule has 4 aromatic rings. The molecule has 2 heterocycles. The molecule has 0 saturated heterocycles. The lowest BCUT2D eigenvalue weighted by molar-refractivity contribution is -0.114. The fraction of sp³-hybridized carbons (Fsp3) is 0.160. The number of carbonyl (C=O) groups excluding carboxylic acids is 1. The van der Waals surface area contributed by atoms with Crippen molar-refractivity contribution in [1.82, 2.24) is 9.97 Å². The molecule has 2 aromatic heterocycles. The monoisotopic (exact) mass is 495 g/mol. The van der Waals surface area contributed by atoms with Crippen LogP contribution in [-0.4, -0.2) is 37.2 Å². The van der Waals surface area contributed by atoms with Gasteiger partial charge in [-0.25, -0.2) is 4.98 Å². The maximum atomic E-state index is 13.4. The Bertz CT molecular complexity index is 1340. The highest BCUT2D eigenvalue weighted by Gasteiger charge is 2.21. The summed E-state index contributed by atoms with van der Waals surface area (Å²) in [6.45, 7) is 0.294. The minimum atomic E-state index is -0.243. The minimum absolute atomic E-state index is 0.243. The Morgan fingerprint density at radius 3 is 2.53 bits per heavy atom. The largest absolute Gasteiger partial charge is 0.494 e. The van der Waals surface area contributed by atoms with Crippen LogP contribution in [0.3, 0.4) is 0 Å². The smallest absolute Gasteiger partial charge is 0.253 e. The average Bonchev–Trinajstić information content (AvgIpc) is 3.32. The number of pyridine rings is 1. The summed E-state index contributed by atoms with van der Waals surface area (Å²) in [6.07, 6.45) is 6.64. The van der Waals surface area contributed by atoms with Gasteiger partial charge in [0.15, 0.2) is 16.6 Å². The van der Waals surface area contributed by atoms with E-state index in [4.69, 9.17) is 30.8 Å². The molecule has 2 aromatic carbocycles. The van der Waals surface area contributed by atoms with E-state index in [1.165, 1.54) is 17.4 Å². The zero-order valence-corrected chi connectivity index (χ0v) is 20.4. The van der Waals surface area contributed by atoms with E-state index in [0.29, 0.717) is 39.5 Å². The second kappa shape index (κ2) is 10.5. The number of aromatic nitrogens is 2. The first-order chi connectivity index (χ1) is 16.5. The van der Waals surface area contributed by atoms with E-state index in [2.05, 4.69) is 4.98 Å². The molecule has 174 valence electrons. The zero-order chi connectivity index (χ0) is 24.1. The Hall–Kier alpha value is -3.62. The molecule has 0 radical (unpaired) electrons. The molecule has 0 bridgehead atoms. The summed E-state index contributed by atoms with van der Waals surface area (Å²) in [5.41, 5.74) is 2.27. The van der Waals surface area contributed by atoms with Crippen molar-refractivity contribution >= 4 is 50.3 Å². The molecule has 0 aliphatic heterocycles. The number of amides is 1. The molecule has 4 rings (SSSR count). The Morgan fingerprint density at radius 2 is 1.82 bits per heavy atom. The molecule has 9 heteroatoms. The first-order valence-corrected chi connectivity index (χ1v) is 11.5. The second-order valence-electron chi connectivity index (χ2n) is 7.16. The standard InChI is InChI=1S/C25H22ClN3O4S/c1-31-19-9-6-16(13-21(19)33-3)7-11-22(30)29(15-17-5-4-12-27-14-17)25-28-23-20(32-2)10-8-18(26)24(23)34-25/h4-14H,15H2,1-3H3/b11-7+. The molecular formula is C25H22ClN3O4S. The topological polar surface area (TPSA) is 73.8 Å². The highest BCUT2D eigenvalue weighted by molar-refractivity contribution is 7.23. The van der Waals surface area contributed by atoms with E-state index >= 15 is 0 Å². The van der Waals surface area contributed by atoms with Crippen LogP contribution in [0.25, 0.3) is 16.3 Å². The van der Waals surface area contributed by atoms with Crippen molar-refractivity contribution in [3.63, 3.8) is 0 Å². The third kappa shape index (κ3) is 4.98. The minimum Gasteiger partial charge on any atom is -0.494 e. The second-order valence-corrected chi connectivity index (χ2v) is 8.54. The Labute approximate surface area is 206 Å². The molecule has 7 nitrogen and oxygen atoms in total. The molecular weight excluding hydrogens is 474 g/mol. The lowest BCUT2D eigenvalue weighted by atomic mass is 10.2. The molecule has 0 aliphatic rings. The SMILES string of the molecule is COc1ccc(/C=C/C(=O)N(Cc2cccnc2)c2nc3c(OC)ccc(Cl)c3s2)cc1OC. The maximum Gasteiger partial charge on any atom is 0.253 e. The van der Waals surface area contributed by atoms with Gasteiger partial charge in [0.1, 0.15) is 11.3 Å². The number of fused-ring (bicyclic) bond motifs is 1. The maximum absolute atomic E-state index is 13.4. The summed E-state index contributed by atoms with van der Waals surface area (Å²) in [5.74, 6) is 1.55. The summed E-state index contributed by atoms with van der Waals surface area (Å²) >= 11 is 7.74. The van der Waals surface area contributed by atoms with Crippen molar-refractivity contribution in [2.45, 2.75) is 6.54 Å². The molecule has 0 N–H and O–H groups in total. The third-order valence-electron chi connectivity index (χ3n) is 5.05. The zero-order valence-electron chi connectivity index (χ0n) is 18.8. The van der Waals surface area contributed by atoms with Crippen LogP contribution in [0.4, 0.5) is 5.13 Å². The summed E-state index contributed by atoms with van der Waals surface area (Å²) in [4.78, 5) is 23.8. The average molecular weight is 496 g/mol. The lowest BCUT2D eigenvalue weighted by Gasteiger charge is -2.18. The van der Waals surface area contributed by atoms with Crippen molar-refractivity contribution < 1.29 is 19.0 Å². The highest BCUT2D eigenvalue weighted by atomic mass is 35.5. The molecule has 1 amide bonds. The number of ether oxygens (including phenoxy) is 3. The van der Waals surface area contributed by atoms with E-state index in [-0.39, 0.29) is 5.91 Å². The number of benzene rings is 2. The first-order valence-electron chi connectivity index (χ1n) is 10.3. The fourth-order valence-electron chi connectivity index (χ4n) is 3.35. The van der Waals surface area contributed by atoms with Crippen molar-refractivity contribution in [2.24, 2.45) is 0 Å². The predicted molar refractivity (Wildman–Crippen MR) is 135 cm³/mol. The number of nitrogens with zero attached hydrogens (tertiary/aromatic N) is 3. The van der Waals surface area contributed by atoms with Crippen LogP contribution in [-0.2, 0) is 11.3 Å². The van der Waals surface area contributed by atoms with Gasteiger partial charge in [-0.2, -0.15) is 0 Å². The van der Waals surface area contributed by atoms with Crippen molar-refractivity contribution in [3.05, 3.63) is 77.1 Å². The van der Waals surface area contributed by atoms with Crippen molar-refractivity contribution in [2.75, 3.05) is 26.2 Å². The van der Waals surface area contributed by atoms with Gasteiger partial charge in [-0.3, -0.25) is 14.7 Å². The van der Waals surface area contributed by atoms with Crippen LogP contribution >= 0.6 is 22.9 Å². The van der Waals surface area contributed by atoms with Crippen molar-refractivity contribution in [1.29, 1.82) is 0 Å². The van der Waals surface area contributed by atoms with Gasteiger partial charge in [-0.15, -0.1) is 0 Å². The third-order valence-corrected chi connectivity index (χ3v) is 6.59. The van der Waals surface area contributed by atoms with E-state index in [9.17, 15) is 4.79 Å². The number of hydrogen-bond donors (Lipinski definition) is 0. The van der Waals surface area contributed by atoms with Crippen LogP contribution in [0.2, 0.25) is 5.02 Å². The first kappa shape index (κ1) is 23.5. The van der Waals surface area contributed by atoms with Crippen molar-refractivity contribution in [3.8, 4) is 17.2 Å². The van der Waals surface area contributed by atoms with Gasteiger partial charge >= 0.3 is 0 Å². The molecule has 0 fully saturated rings. The number of halogens is 1. The van der Waals surface area contributed by atoms with E-state index in [1.54, 1.807) is 69.0 Å². The quantitative estimate of drug-likeness (QED) is 0.295. The molecule has 0 spiro atoms. The van der Waals surface area contributed by atoms with Crippen LogP contribution in [0.1, 0.15) is 11.1 Å². The molecule has 0 aliphatic carbocycles. The van der Waals surface area contributed by atoms with Crippen LogP contribution in [0, 0.1) is 0 Å². The fourth-order valence-corrected chi connectivity index (χ4v) is 4.61. The number of carbonyl (C=O) groups is 1. The van der Waals surface area contributed by atoms with Gasteiger partial charge in [0.05, 0.1) is 37.6 Å². The summed E-state index contributed by atoms with van der Waals surface area (Å²) in [5, 5.41) is 1.06. The van der Waals surface area contributed by atoms with Crippen LogP contribution in [0.15, 0.2) is 60.9 Å². The Morgan fingerprint density at radius 1 is 1.06 bits per heavy atom. The molecule has 0 saturated carbocycles. The number of thiazole rings is 1. The van der Waals surface area contributed by atoms with Crippen LogP contribution in [0.5, 0.6) is 17.2 Å². The summed E-state index contributed by atoms with van der Waals surface area (Å²) in [7, 11) is 4.72. The van der Waals surface area contributed by atoms with Crippen LogP contribution < -0.4 is 19.1 Å². The lowest BCUT2D eigenvalue weighted by Crippen LogP contribution is -2.28. The molecule has 34 heavy (non-hydrogen) atoms. The number of hydrogen-bond acceptors (Lipinski definition) is 7. The summed E-state index contributed by atoms with van der Waals surface area (Å²) in [6, 6.07) is 12.7. The normalized spacial score (nSPS) is 11.1. The number of anilines is 1. The van der Waals surface area contributed by atoms with Gasteiger partial charge in [0, 0.05) is 18.5 Å². The Kier molecular flexibility index (Phi) is 7.30. The van der Waals surface area contributed by atoms with Gasteiger partial charge in [-0.1, -0.05) is 35.1 Å². The van der Waals surface area contributed by atoms with Gasteiger partial charge in [0.25, 0.3) is 5.91 Å². The predicted octanol–water partition coefficient (Wildman–Crippen LogP) is 5.62. The van der Waals surface area contributed by atoms with E-state index < -0.39 is 0 Å². The molecule has 0 atom stereocenters. The van der Waals surface area contributed by atoms with Gasteiger partial charge < -0.3 is 14.2 Å². The summed E-state index contributed by atoms with van der Waals surface area (Å²) < 4.78 is 16.8. The number of rotatable bonds is 8. The van der Waals surface area contributed by atoms with Gasteiger partial charge in [0.2, 0.25) is 0 Å². The number of methoxy groups -OCH3 is 3. The Balaban J connectivity index is 1.70.